The van der Waals surface area contributed by atoms with Crippen LogP contribution in [0.2, 0.25) is 0 Å². The van der Waals surface area contributed by atoms with Gasteiger partial charge in [0.2, 0.25) is 5.16 Å². The van der Waals surface area contributed by atoms with Crippen LogP contribution in [0.5, 0.6) is 0 Å². The van der Waals surface area contributed by atoms with Crippen LogP contribution in [0.25, 0.3) is 22.5 Å². The number of nitrogens with zero attached hydrogens (tertiary/aromatic N) is 5. The molecule has 0 amide bonds. The molecule has 0 aliphatic carbocycles. The van der Waals surface area contributed by atoms with Crippen LogP contribution in [0.3, 0.4) is 0 Å². The lowest BCUT2D eigenvalue weighted by atomic mass is 10.0. The molecule has 5 aromatic rings. The van der Waals surface area contributed by atoms with E-state index in [0.717, 1.165) is 34.6 Å². The Morgan fingerprint density at radius 2 is 1.40 bits per heavy atom. The molecule has 0 bridgehead atoms. The van der Waals surface area contributed by atoms with Crippen molar-refractivity contribution in [2.24, 2.45) is 0 Å². The lowest BCUT2D eigenvalue weighted by Gasteiger charge is -2.16. The molecule has 0 atom stereocenters. The average molecular weight is 595 g/mol. The summed E-state index contributed by atoms with van der Waals surface area (Å²) < 4.78 is 6.41. The molecule has 0 fully saturated rings. The number of ketones is 1. The van der Waals surface area contributed by atoms with Crippen LogP contribution in [0.4, 0.5) is 5.82 Å². The lowest BCUT2D eigenvalue weighted by molar-refractivity contribution is -0.141. The van der Waals surface area contributed by atoms with Gasteiger partial charge in [-0.25, -0.2) is 14.3 Å². The molecule has 0 spiro atoms. The Morgan fingerprint density at radius 1 is 0.814 bits per heavy atom. The van der Waals surface area contributed by atoms with Gasteiger partial charge >= 0.3 is 11.7 Å². The fraction of sp³-hybridized carbons (Fsp3) is 0.129. The third-order valence-electron chi connectivity index (χ3n) is 6.54. The topological polar surface area (TPSA) is 152 Å². The summed E-state index contributed by atoms with van der Waals surface area (Å²) in [7, 11) is 1.14. The van der Waals surface area contributed by atoms with Gasteiger partial charge in [-0.05, 0) is 5.56 Å². The Labute approximate surface area is 250 Å². The summed E-state index contributed by atoms with van der Waals surface area (Å²) in [5.74, 6) is -2.06. The number of thioether (sulfide) groups is 1. The Morgan fingerprint density at radius 3 is 2.00 bits per heavy atom. The molecule has 11 nitrogen and oxygen atoms in total. The van der Waals surface area contributed by atoms with E-state index >= 15 is 0 Å². The predicted molar refractivity (Wildman–Crippen MR) is 163 cm³/mol. The number of methoxy groups -OCH3 is 1. The third kappa shape index (κ3) is 6.44. The first-order valence-corrected chi connectivity index (χ1v) is 14.1. The first-order chi connectivity index (χ1) is 20.9. The molecule has 12 heteroatoms. The quantitative estimate of drug-likeness (QED) is 0.145. The summed E-state index contributed by atoms with van der Waals surface area (Å²) in [6.07, 6.45) is 0. The minimum absolute atomic E-state index is 0.0191. The predicted octanol–water partition coefficient (Wildman–Crippen LogP) is 3.31. The second kappa shape index (κ2) is 13.1. The number of rotatable bonds is 10. The van der Waals surface area contributed by atoms with Crippen LogP contribution in [0.1, 0.15) is 15.9 Å². The minimum atomic E-state index is -0.980. The summed E-state index contributed by atoms with van der Waals surface area (Å²) in [5.41, 5.74) is 7.55. The smallest absolute Gasteiger partial charge is 0.333 e. The van der Waals surface area contributed by atoms with Gasteiger partial charge < -0.3 is 10.5 Å². The van der Waals surface area contributed by atoms with Gasteiger partial charge in [-0.2, -0.15) is 0 Å². The largest absolute Gasteiger partial charge is 0.468 e. The number of carbonyl (C=O) groups excluding carboxylic acids is 2. The monoisotopic (exact) mass is 594 g/mol. The molecule has 0 saturated heterocycles. The normalized spacial score (nSPS) is 10.8. The van der Waals surface area contributed by atoms with Gasteiger partial charge in [0.25, 0.3) is 5.56 Å². The molecule has 2 heterocycles. The maximum Gasteiger partial charge on any atom is 0.333 e. The highest BCUT2D eigenvalue weighted by Gasteiger charge is 2.25. The van der Waals surface area contributed by atoms with E-state index in [9.17, 15) is 19.2 Å². The lowest BCUT2D eigenvalue weighted by Crippen LogP contribution is -2.45. The van der Waals surface area contributed by atoms with E-state index < -0.39 is 35.1 Å². The number of hydrogen-bond acceptors (Lipinski definition) is 10. The van der Waals surface area contributed by atoms with E-state index in [1.807, 2.05) is 66.7 Å². The number of ether oxygens (including phenoxy) is 1. The van der Waals surface area contributed by atoms with Crippen molar-refractivity contribution in [1.82, 2.24) is 24.3 Å². The Kier molecular flexibility index (Phi) is 8.87. The van der Waals surface area contributed by atoms with Crippen molar-refractivity contribution in [3.63, 3.8) is 0 Å². The van der Waals surface area contributed by atoms with Crippen molar-refractivity contribution >= 4 is 29.3 Å². The van der Waals surface area contributed by atoms with Gasteiger partial charge in [0.15, 0.2) is 5.78 Å². The summed E-state index contributed by atoms with van der Waals surface area (Å²) in [6.45, 7) is -0.695. The van der Waals surface area contributed by atoms with Crippen molar-refractivity contribution in [1.29, 1.82) is 0 Å². The number of esters is 1. The summed E-state index contributed by atoms with van der Waals surface area (Å²) in [5, 5.41) is 8.84. The zero-order chi connectivity index (χ0) is 30.3. The van der Waals surface area contributed by atoms with Gasteiger partial charge in [0.05, 0.1) is 19.4 Å². The molecular weight excluding hydrogens is 568 g/mol. The molecule has 0 radical (unpaired) electrons. The van der Waals surface area contributed by atoms with Crippen molar-refractivity contribution in [2.45, 2.75) is 18.2 Å². The molecule has 0 aliphatic heterocycles. The summed E-state index contributed by atoms with van der Waals surface area (Å²) in [4.78, 5) is 56.8. The van der Waals surface area contributed by atoms with Crippen molar-refractivity contribution in [3.8, 4) is 22.5 Å². The van der Waals surface area contributed by atoms with Gasteiger partial charge in [-0.1, -0.05) is 103 Å². The number of nitrogens with two attached hydrogens (primary N) is 1. The highest BCUT2D eigenvalue weighted by Crippen LogP contribution is 2.29. The Hall–Kier alpha value is -5.36. The highest BCUT2D eigenvalue weighted by atomic mass is 32.2. The SMILES string of the molecule is COC(=O)Cn1c(=O)c(C(=O)CSc2nnc(-c3ccccc3)c(-c3ccccc3)n2)c(N)n(Cc2ccccc2)c1=O. The maximum absolute atomic E-state index is 13.5. The van der Waals surface area contributed by atoms with Crippen LogP contribution in [-0.4, -0.2) is 48.9 Å². The fourth-order valence-corrected chi connectivity index (χ4v) is 5.05. The Balaban J connectivity index is 1.50. The molecule has 216 valence electrons. The van der Waals surface area contributed by atoms with E-state index in [1.165, 1.54) is 0 Å². The molecule has 0 aliphatic rings. The van der Waals surface area contributed by atoms with Crippen LogP contribution < -0.4 is 17.0 Å². The second-order valence-corrected chi connectivity index (χ2v) is 10.3. The van der Waals surface area contributed by atoms with Crippen molar-refractivity contribution < 1.29 is 14.3 Å². The van der Waals surface area contributed by atoms with Gasteiger partial charge in [0.1, 0.15) is 29.3 Å². The minimum Gasteiger partial charge on any atom is -0.468 e. The molecular formula is C31H26N6O5S. The average Bonchev–Trinajstić information content (AvgIpc) is 3.05. The molecule has 2 aromatic heterocycles. The number of carbonyl (C=O) groups is 2. The highest BCUT2D eigenvalue weighted by molar-refractivity contribution is 7.99. The Bertz CT molecular complexity index is 1890. The van der Waals surface area contributed by atoms with Gasteiger partial charge in [-0.3, -0.25) is 19.0 Å². The standard InChI is InChI=1S/C31H26N6O5S/c1-42-24(39)18-37-29(40)25(28(32)36(31(37)41)17-20-11-5-2-6-12-20)23(38)19-43-30-33-26(21-13-7-3-8-14-21)27(34-35-30)22-15-9-4-10-16-22/h2-16H,17-19,32H2,1H3. The van der Waals surface area contributed by atoms with Crippen LogP contribution in [0.15, 0.2) is 106 Å². The molecule has 43 heavy (non-hydrogen) atoms. The molecule has 5 rings (SSSR count). The maximum atomic E-state index is 13.5. The van der Waals surface area contributed by atoms with Gasteiger partial charge in [0, 0.05) is 11.1 Å². The first kappa shape index (κ1) is 29.1. The zero-order valence-electron chi connectivity index (χ0n) is 23.0. The fourth-order valence-electron chi connectivity index (χ4n) is 4.39. The van der Waals surface area contributed by atoms with E-state index in [-0.39, 0.29) is 23.3 Å². The number of aromatic nitrogens is 5. The van der Waals surface area contributed by atoms with E-state index in [0.29, 0.717) is 21.5 Å². The first-order valence-electron chi connectivity index (χ1n) is 13.1. The molecule has 0 unspecified atom stereocenters. The van der Waals surface area contributed by atoms with E-state index in [4.69, 9.17) is 10.7 Å². The number of Topliss-reactive ketones (excluding diaryl/α,β-unsaturated/α-hetero) is 1. The number of nitrogen functional groups attached to an aromatic ring is 1. The molecule has 2 N–H and O–H groups in total. The third-order valence-corrected chi connectivity index (χ3v) is 7.38. The zero-order valence-corrected chi connectivity index (χ0v) is 23.9. The second-order valence-electron chi connectivity index (χ2n) is 9.32. The van der Waals surface area contributed by atoms with Gasteiger partial charge in [-0.15, -0.1) is 10.2 Å². The van der Waals surface area contributed by atoms with E-state index in [2.05, 4.69) is 14.9 Å². The molecule has 0 saturated carbocycles. The number of anilines is 1. The van der Waals surface area contributed by atoms with E-state index in [1.54, 1.807) is 24.3 Å². The summed E-state index contributed by atoms with van der Waals surface area (Å²) in [6, 6.07) is 27.9. The van der Waals surface area contributed by atoms with Crippen molar-refractivity contribution in [3.05, 3.63) is 123 Å². The van der Waals surface area contributed by atoms with Crippen LogP contribution in [-0.2, 0) is 22.6 Å². The summed E-state index contributed by atoms with van der Waals surface area (Å²) >= 11 is 0.975. The number of hydrogen-bond donors (Lipinski definition) is 1. The molecule has 3 aromatic carbocycles. The van der Waals surface area contributed by atoms with Crippen molar-refractivity contribution in [2.75, 3.05) is 18.6 Å². The van der Waals surface area contributed by atoms with Crippen LogP contribution >= 0.6 is 11.8 Å². The number of benzene rings is 3. The van der Waals surface area contributed by atoms with Crippen LogP contribution in [0, 0.1) is 0 Å².